The highest BCUT2D eigenvalue weighted by Gasteiger charge is 2.39. The molecular formula is C27H23ClN2O5. The Morgan fingerprint density at radius 3 is 2.51 bits per heavy atom. The molecule has 1 N–H and O–H groups in total. The van der Waals surface area contributed by atoms with Crippen molar-refractivity contribution < 1.29 is 23.9 Å². The Balaban J connectivity index is 1.94. The van der Waals surface area contributed by atoms with Crippen LogP contribution in [0.25, 0.3) is 6.08 Å². The molecule has 0 amide bonds. The van der Waals surface area contributed by atoms with E-state index in [4.69, 9.17) is 26.3 Å². The number of hydrogen-bond donors (Lipinski definition) is 1. The van der Waals surface area contributed by atoms with Crippen molar-refractivity contribution in [1.82, 2.24) is 5.32 Å². The molecule has 0 aliphatic carbocycles. The molecule has 1 unspecified atom stereocenters. The summed E-state index contributed by atoms with van der Waals surface area (Å²) in [5, 5.41) is 12.0. The number of benzene rings is 2. The van der Waals surface area contributed by atoms with Gasteiger partial charge in [0.1, 0.15) is 13.2 Å². The molecule has 1 aliphatic heterocycles. The number of ether oxygens (including phenoxy) is 2. The third-order valence-electron chi connectivity index (χ3n) is 5.20. The van der Waals surface area contributed by atoms with Gasteiger partial charge in [-0.25, -0.2) is 9.59 Å². The van der Waals surface area contributed by atoms with Crippen LogP contribution in [-0.4, -0.2) is 31.4 Å². The van der Waals surface area contributed by atoms with Gasteiger partial charge in [-0.15, -0.1) is 0 Å². The van der Waals surface area contributed by atoms with Crippen molar-refractivity contribution in [3.8, 4) is 6.07 Å². The van der Waals surface area contributed by atoms with E-state index < -0.39 is 17.9 Å². The molecule has 7 nitrogen and oxygen atoms in total. The van der Waals surface area contributed by atoms with Crippen molar-refractivity contribution in [3.63, 3.8) is 0 Å². The first-order valence-corrected chi connectivity index (χ1v) is 11.2. The largest absolute Gasteiger partial charge is 0.461 e. The number of hydrogen-bond acceptors (Lipinski definition) is 7. The second kappa shape index (κ2) is 12.4. The van der Waals surface area contributed by atoms with E-state index in [0.29, 0.717) is 22.6 Å². The normalized spacial score (nSPS) is 15.4. The van der Waals surface area contributed by atoms with E-state index in [2.05, 4.69) is 5.32 Å². The van der Waals surface area contributed by atoms with Crippen molar-refractivity contribution in [2.24, 2.45) is 0 Å². The lowest BCUT2D eigenvalue weighted by Gasteiger charge is -2.30. The molecule has 0 saturated carbocycles. The number of allylic oxidation sites excluding steroid dienone is 2. The second-order valence-corrected chi connectivity index (χ2v) is 7.99. The molecule has 35 heavy (non-hydrogen) atoms. The van der Waals surface area contributed by atoms with Gasteiger partial charge in [-0.05, 0) is 36.3 Å². The van der Waals surface area contributed by atoms with Gasteiger partial charge >= 0.3 is 11.9 Å². The highest BCUT2D eigenvalue weighted by molar-refractivity contribution is 6.30. The first-order valence-electron chi connectivity index (χ1n) is 10.8. The van der Waals surface area contributed by atoms with Gasteiger partial charge in [0.2, 0.25) is 0 Å². The van der Waals surface area contributed by atoms with Gasteiger partial charge in [-0.1, -0.05) is 60.1 Å². The van der Waals surface area contributed by atoms with E-state index in [-0.39, 0.29) is 36.5 Å². The van der Waals surface area contributed by atoms with E-state index in [1.54, 1.807) is 43.3 Å². The van der Waals surface area contributed by atoms with Crippen LogP contribution in [0.5, 0.6) is 0 Å². The summed E-state index contributed by atoms with van der Waals surface area (Å²) < 4.78 is 10.7. The number of nitriles is 1. The fraction of sp³-hybridized carbons (Fsp3) is 0.185. The molecule has 1 atom stereocenters. The van der Waals surface area contributed by atoms with Crippen LogP contribution in [0.1, 0.15) is 30.4 Å². The van der Waals surface area contributed by atoms with E-state index in [1.807, 2.05) is 36.4 Å². The van der Waals surface area contributed by atoms with Gasteiger partial charge in [0, 0.05) is 10.7 Å². The molecule has 0 bridgehead atoms. The monoisotopic (exact) mass is 490 g/mol. The highest BCUT2D eigenvalue weighted by atomic mass is 35.5. The number of esters is 2. The van der Waals surface area contributed by atoms with Crippen molar-refractivity contribution in [1.29, 1.82) is 5.26 Å². The molecule has 0 spiro atoms. The molecular weight excluding hydrogens is 468 g/mol. The molecule has 2 aromatic carbocycles. The van der Waals surface area contributed by atoms with Crippen LogP contribution in [0.3, 0.4) is 0 Å². The minimum absolute atomic E-state index is 0.0157. The molecule has 0 radical (unpaired) electrons. The Kier molecular flexibility index (Phi) is 8.99. The van der Waals surface area contributed by atoms with Gasteiger partial charge in [-0.3, -0.25) is 4.79 Å². The van der Waals surface area contributed by atoms with E-state index >= 15 is 0 Å². The lowest BCUT2D eigenvalue weighted by atomic mass is 9.80. The molecule has 0 saturated heterocycles. The predicted molar refractivity (Wildman–Crippen MR) is 131 cm³/mol. The zero-order valence-corrected chi connectivity index (χ0v) is 19.7. The van der Waals surface area contributed by atoms with Gasteiger partial charge in [0.25, 0.3) is 0 Å². The number of carbonyl (C=O) groups excluding carboxylic acids is 3. The highest BCUT2D eigenvalue weighted by Crippen LogP contribution is 2.39. The maximum absolute atomic E-state index is 13.2. The Hall–Kier alpha value is -4.15. The maximum Gasteiger partial charge on any atom is 0.337 e. The lowest BCUT2D eigenvalue weighted by molar-refractivity contribution is -0.139. The number of halogens is 1. The number of carbonyl (C=O) groups is 3. The summed E-state index contributed by atoms with van der Waals surface area (Å²) in [6.07, 6.45) is 4.01. The number of aldehydes is 1. The zero-order chi connectivity index (χ0) is 25.2. The Morgan fingerprint density at radius 2 is 1.83 bits per heavy atom. The minimum atomic E-state index is -0.963. The number of nitrogens with zero attached hydrogens (tertiary/aromatic N) is 1. The first-order chi connectivity index (χ1) is 17.0. The smallest absolute Gasteiger partial charge is 0.337 e. The quantitative estimate of drug-likeness (QED) is 0.314. The summed E-state index contributed by atoms with van der Waals surface area (Å²) in [5.41, 5.74) is 1.87. The summed E-state index contributed by atoms with van der Waals surface area (Å²) in [6.45, 7) is 1.45. The average molecular weight is 491 g/mol. The van der Waals surface area contributed by atoms with E-state index in [0.717, 1.165) is 5.56 Å². The topological polar surface area (TPSA) is 105 Å². The third kappa shape index (κ3) is 6.46. The predicted octanol–water partition coefficient (Wildman–Crippen LogP) is 4.47. The fourth-order valence-electron chi connectivity index (χ4n) is 3.68. The van der Waals surface area contributed by atoms with Crippen LogP contribution in [0, 0.1) is 11.3 Å². The molecule has 0 fully saturated rings. The van der Waals surface area contributed by atoms with Gasteiger partial charge < -0.3 is 14.8 Å². The van der Waals surface area contributed by atoms with Crippen LogP contribution in [0.4, 0.5) is 0 Å². The Morgan fingerprint density at radius 1 is 1.09 bits per heavy atom. The number of dihydropyridines is 1. The third-order valence-corrected chi connectivity index (χ3v) is 5.44. The van der Waals surface area contributed by atoms with Crippen molar-refractivity contribution in [3.05, 3.63) is 99.4 Å². The van der Waals surface area contributed by atoms with E-state index in [1.165, 1.54) is 0 Å². The maximum atomic E-state index is 13.2. The van der Waals surface area contributed by atoms with Crippen molar-refractivity contribution in [2.45, 2.75) is 19.3 Å². The molecule has 2 aromatic rings. The van der Waals surface area contributed by atoms with Crippen LogP contribution in [0.15, 0.2) is 83.2 Å². The van der Waals surface area contributed by atoms with Gasteiger partial charge in [0.15, 0.2) is 6.29 Å². The Labute approximate surface area is 208 Å². The van der Waals surface area contributed by atoms with Gasteiger partial charge in [-0.2, -0.15) is 5.26 Å². The van der Waals surface area contributed by atoms with Crippen LogP contribution in [-0.2, 0) is 23.9 Å². The summed E-state index contributed by atoms with van der Waals surface area (Å²) in [6, 6.07) is 18.0. The first kappa shape index (κ1) is 25.5. The Bertz CT molecular complexity index is 1240. The zero-order valence-electron chi connectivity index (χ0n) is 19.0. The molecule has 1 heterocycles. The summed E-state index contributed by atoms with van der Waals surface area (Å²) in [7, 11) is 0. The van der Waals surface area contributed by atoms with Gasteiger partial charge in [0.05, 0.1) is 35.3 Å². The summed E-state index contributed by atoms with van der Waals surface area (Å²) in [4.78, 5) is 38.1. The lowest BCUT2D eigenvalue weighted by Crippen LogP contribution is -2.34. The summed E-state index contributed by atoms with van der Waals surface area (Å²) >= 11 is 6.19. The van der Waals surface area contributed by atoms with Crippen LogP contribution in [0.2, 0.25) is 5.02 Å². The summed E-state index contributed by atoms with van der Waals surface area (Å²) in [5.74, 6) is -2.44. The molecule has 0 aromatic heterocycles. The molecule has 3 rings (SSSR count). The van der Waals surface area contributed by atoms with Crippen molar-refractivity contribution >= 4 is 35.9 Å². The molecule has 8 heteroatoms. The molecule has 1 aliphatic rings. The van der Waals surface area contributed by atoms with Crippen LogP contribution < -0.4 is 5.32 Å². The average Bonchev–Trinajstić information content (AvgIpc) is 2.86. The standard InChI is InChI=1S/C27H23ClN2O5/c1-18-23(26(32)35-15-7-13-29)24(20-11-5-12-21(28)16-20)25(22(17-31)30-18)27(33)34-14-6-10-19-8-3-2-4-9-19/h2-6,8-12,16-17,24,30H,7,14-15H2,1H3/b10-6+. The second-order valence-electron chi connectivity index (χ2n) is 7.55. The van der Waals surface area contributed by atoms with Crippen LogP contribution >= 0.6 is 11.6 Å². The fourth-order valence-corrected chi connectivity index (χ4v) is 3.88. The van der Waals surface area contributed by atoms with Crippen molar-refractivity contribution in [2.75, 3.05) is 13.2 Å². The number of nitrogens with one attached hydrogen (secondary N) is 1. The molecule has 178 valence electrons. The minimum Gasteiger partial charge on any atom is -0.461 e. The van der Waals surface area contributed by atoms with E-state index in [9.17, 15) is 14.4 Å². The SMILES string of the molecule is CC1=C(C(=O)OCCC#N)C(c2cccc(Cl)c2)C(C(=O)OC/C=C/c2ccccc2)=C(C=O)N1. The number of rotatable bonds is 9.